The van der Waals surface area contributed by atoms with E-state index in [-0.39, 0.29) is 6.10 Å². The zero-order valence-corrected chi connectivity index (χ0v) is 10.6. The number of hydrogen-bond acceptors (Lipinski definition) is 3. The molecule has 0 saturated carbocycles. The molecule has 0 aromatic carbocycles. The van der Waals surface area contributed by atoms with Crippen LogP contribution in [-0.4, -0.2) is 19.2 Å². The molecule has 1 N–H and O–H groups in total. The van der Waals surface area contributed by atoms with Gasteiger partial charge in [-0.25, -0.2) is 0 Å². The summed E-state index contributed by atoms with van der Waals surface area (Å²) in [5.41, 5.74) is 0. The molecule has 2 heterocycles. The third kappa shape index (κ3) is 2.72. The molecule has 0 amide bonds. The van der Waals surface area contributed by atoms with Gasteiger partial charge in [-0.15, -0.1) is 11.3 Å². The van der Waals surface area contributed by atoms with Gasteiger partial charge in [-0.05, 0) is 25.0 Å². The first-order chi connectivity index (χ1) is 7.16. The average molecular weight is 246 g/mol. The van der Waals surface area contributed by atoms with Crippen molar-refractivity contribution in [3.05, 3.63) is 21.3 Å². The van der Waals surface area contributed by atoms with Crippen molar-refractivity contribution in [1.82, 2.24) is 5.32 Å². The van der Waals surface area contributed by atoms with E-state index in [0.29, 0.717) is 12.0 Å². The number of nitrogens with one attached hydrogen (secondary N) is 1. The van der Waals surface area contributed by atoms with E-state index in [4.69, 9.17) is 16.3 Å². The fourth-order valence-corrected chi connectivity index (χ4v) is 2.76. The lowest BCUT2D eigenvalue weighted by atomic mass is 10.1. The van der Waals surface area contributed by atoms with Crippen molar-refractivity contribution in [2.75, 3.05) is 13.2 Å². The smallest absolute Gasteiger partial charge is 0.104 e. The predicted molar refractivity (Wildman–Crippen MR) is 64.7 cm³/mol. The molecule has 1 fully saturated rings. The molecule has 3 atom stereocenters. The van der Waals surface area contributed by atoms with Crippen LogP contribution in [-0.2, 0) is 4.74 Å². The molecular formula is C11H16ClNOS. The van der Waals surface area contributed by atoms with E-state index >= 15 is 0 Å². The van der Waals surface area contributed by atoms with Crippen LogP contribution in [0.2, 0.25) is 4.34 Å². The maximum Gasteiger partial charge on any atom is 0.104 e. The molecule has 4 heteroatoms. The van der Waals surface area contributed by atoms with Crippen LogP contribution in [0.4, 0.5) is 0 Å². The topological polar surface area (TPSA) is 21.3 Å². The highest BCUT2D eigenvalue weighted by Crippen LogP contribution is 2.30. The first-order valence-corrected chi connectivity index (χ1v) is 6.46. The molecule has 0 spiro atoms. The fourth-order valence-electron chi connectivity index (χ4n) is 1.65. The number of halogens is 1. The van der Waals surface area contributed by atoms with Gasteiger partial charge in [-0.2, -0.15) is 0 Å². The highest BCUT2D eigenvalue weighted by molar-refractivity contribution is 7.16. The maximum atomic E-state index is 5.92. The lowest BCUT2D eigenvalue weighted by Crippen LogP contribution is -2.32. The van der Waals surface area contributed by atoms with Crippen LogP contribution in [0.5, 0.6) is 0 Å². The van der Waals surface area contributed by atoms with Gasteiger partial charge in [0.25, 0.3) is 0 Å². The highest BCUT2D eigenvalue weighted by atomic mass is 35.5. The number of rotatable bonds is 1. The molecule has 1 aromatic heterocycles. The first kappa shape index (κ1) is 11.4. The van der Waals surface area contributed by atoms with Crippen LogP contribution in [0.25, 0.3) is 0 Å². The van der Waals surface area contributed by atoms with Gasteiger partial charge in [0.15, 0.2) is 0 Å². The molecule has 2 nitrogen and oxygen atoms in total. The van der Waals surface area contributed by atoms with Gasteiger partial charge in [0.1, 0.15) is 6.10 Å². The number of hydrogen-bond donors (Lipinski definition) is 1. The van der Waals surface area contributed by atoms with Gasteiger partial charge in [0.05, 0.1) is 10.9 Å². The largest absolute Gasteiger partial charge is 0.371 e. The van der Waals surface area contributed by atoms with E-state index in [1.807, 2.05) is 6.07 Å². The van der Waals surface area contributed by atoms with Gasteiger partial charge in [-0.1, -0.05) is 18.5 Å². The van der Waals surface area contributed by atoms with Crippen LogP contribution in [0, 0.1) is 5.92 Å². The Bertz CT molecular complexity index is 316. The minimum absolute atomic E-state index is 0.162. The van der Waals surface area contributed by atoms with Crippen LogP contribution in [0.3, 0.4) is 0 Å². The summed E-state index contributed by atoms with van der Waals surface area (Å²) in [5.74, 6) is 0.561. The summed E-state index contributed by atoms with van der Waals surface area (Å²) in [6.45, 7) is 6.11. The molecule has 1 aromatic rings. The first-order valence-electron chi connectivity index (χ1n) is 5.27. The molecule has 1 aliphatic heterocycles. The minimum atomic E-state index is 0.162. The predicted octanol–water partition coefficient (Wildman–Crippen LogP) is 3.09. The molecular weight excluding hydrogens is 230 g/mol. The van der Waals surface area contributed by atoms with E-state index in [1.54, 1.807) is 11.3 Å². The Morgan fingerprint density at radius 3 is 2.93 bits per heavy atom. The second-order valence-electron chi connectivity index (χ2n) is 4.14. The quantitative estimate of drug-likeness (QED) is 0.821. The van der Waals surface area contributed by atoms with Crippen LogP contribution in [0.1, 0.15) is 24.8 Å². The summed E-state index contributed by atoms with van der Waals surface area (Å²) in [4.78, 5) is 1.22. The highest BCUT2D eigenvalue weighted by Gasteiger charge is 2.23. The summed E-state index contributed by atoms with van der Waals surface area (Å²) < 4.78 is 6.71. The molecule has 15 heavy (non-hydrogen) atoms. The summed E-state index contributed by atoms with van der Waals surface area (Å²) in [6.07, 6.45) is 0.162. The Hall–Kier alpha value is -0.0900. The number of thiophene rings is 1. The van der Waals surface area contributed by atoms with Gasteiger partial charge < -0.3 is 10.1 Å². The van der Waals surface area contributed by atoms with Crippen molar-refractivity contribution in [1.29, 1.82) is 0 Å². The molecule has 2 rings (SSSR count). The van der Waals surface area contributed by atoms with E-state index < -0.39 is 0 Å². The van der Waals surface area contributed by atoms with Crippen LogP contribution < -0.4 is 5.32 Å². The van der Waals surface area contributed by atoms with Crippen LogP contribution >= 0.6 is 22.9 Å². The zero-order valence-electron chi connectivity index (χ0n) is 9.00. The minimum Gasteiger partial charge on any atom is -0.371 e. The van der Waals surface area contributed by atoms with Crippen molar-refractivity contribution in [3.8, 4) is 0 Å². The fraction of sp³-hybridized carbons (Fsp3) is 0.636. The van der Waals surface area contributed by atoms with E-state index in [2.05, 4.69) is 25.2 Å². The Labute approximate surface area is 99.6 Å². The van der Waals surface area contributed by atoms with E-state index in [9.17, 15) is 0 Å². The summed E-state index contributed by atoms with van der Waals surface area (Å²) >= 11 is 7.53. The summed E-state index contributed by atoms with van der Waals surface area (Å²) in [7, 11) is 0. The van der Waals surface area contributed by atoms with Gasteiger partial charge in [-0.3, -0.25) is 0 Å². The van der Waals surface area contributed by atoms with Gasteiger partial charge in [0, 0.05) is 17.5 Å². The molecule has 0 aliphatic carbocycles. The van der Waals surface area contributed by atoms with Gasteiger partial charge in [0.2, 0.25) is 0 Å². The van der Waals surface area contributed by atoms with Crippen molar-refractivity contribution >= 4 is 22.9 Å². The van der Waals surface area contributed by atoms with Gasteiger partial charge >= 0.3 is 0 Å². The Morgan fingerprint density at radius 2 is 2.27 bits per heavy atom. The summed E-state index contributed by atoms with van der Waals surface area (Å²) in [5, 5.41) is 3.49. The zero-order chi connectivity index (χ0) is 10.8. The molecule has 84 valence electrons. The van der Waals surface area contributed by atoms with E-state index in [1.165, 1.54) is 4.88 Å². The van der Waals surface area contributed by atoms with Crippen molar-refractivity contribution in [3.63, 3.8) is 0 Å². The molecule has 0 radical (unpaired) electrons. The second-order valence-corrected chi connectivity index (χ2v) is 5.88. The standard InChI is InChI=1S/C11H16ClNOS/c1-7-6-14-9(5-13-8(7)2)10-3-4-11(12)15-10/h3-4,7-9,13H,5-6H2,1-2H3. The monoisotopic (exact) mass is 245 g/mol. The van der Waals surface area contributed by atoms with E-state index in [0.717, 1.165) is 17.5 Å². The summed E-state index contributed by atoms with van der Waals surface area (Å²) in [6, 6.07) is 4.51. The Balaban J connectivity index is 2.05. The molecule has 1 saturated heterocycles. The SMILES string of the molecule is CC1COC(c2ccc(Cl)s2)CNC1C. The third-order valence-electron chi connectivity index (χ3n) is 2.95. The average Bonchev–Trinajstić information content (AvgIpc) is 2.56. The molecule has 1 aliphatic rings. The molecule has 0 bridgehead atoms. The van der Waals surface area contributed by atoms with Crippen molar-refractivity contribution < 1.29 is 4.74 Å². The van der Waals surface area contributed by atoms with Crippen molar-refractivity contribution in [2.45, 2.75) is 26.0 Å². The lowest BCUT2D eigenvalue weighted by Gasteiger charge is -2.15. The normalized spacial score (nSPS) is 32.6. The Kier molecular flexibility index (Phi) is 3.67. The second kappa shape index (κ2) is 4.83. The number of ether oxygens (including phenoxy) is 1. The third-order valence-corrected chi connectivity index (χ3v) is 4.27. The van der Waals surface area contributed by atoms with Crippen molar-refractivity contribution in [2.24, 2.45) is 5.92 Å². The maximum absolute atomic E-state index is 5.92. The van der Waals surface area contributed by atoms with Crippen LogP contribution in [0.15, 0.2) is 12.1 Å². The Morgan fingerprint density at radius 1 is 1.47 bits per heavy atom. The lowest BCUT2D eigenvalue weighted by molar-refractivity contribution is 0.0518. The molecule has 3 unspecified atom stereocenters.